The van der Waals surface area contributed by atoms with Crippen molar-refractivity contribution < 1.29 is 14.9 Å². The van der Waals surface area contributed by atoms with Crippen molar-refractivity contribution in [3.63, 3.8) is 0 Å². The lowest BCUT2D eigenvalue weighted by atomic mass is 9.84. The standard InChI is InChI=1S/C12H17N5O4/c1-12(4-19)2-7(21-6(12)3-18)17-5-14-8-9(17)15-11(13)16-10(8)20/h5-7,18-19H,2-4H2,1H3,(H3,13,15,16,20)/t6-,7-,12-/m1/s1. The summed E-state index contributed by atoms with van der Waals surface area (Å²) < 4.78 is 7.37. The summed E-state index contributed by atoms with van der Waals surface area (Å²) in [6, 6.07) is 0. The predicted molar refractivity (Wildman–Crippen MR) is 73.4 cm³/mol. The highest BCUT2D eigenvalue weighted by Crippen LogP contribution is 2.43. The molecule has 0 aliphatic carbocycles. The fourth-order valence-corrected chi connectivity index (χ4v) is 2.68. The van der Waals surface area contributed by atoms with Gasteiger partial charge in [-0.05, 0) is 0 Å². The summed E-state index contributed by atoms with van der Waals surface area (Å²) in [5.41, 5.74) is 5.06. The van der Waals surface area contributed by atoms with Gasteiger partial charge in [-0.15, -0.1) is 0 Å². The van der Waals surface area contributed by atoms with E-state index in [4.69, 9.17) is 10.5 Å². The van der Waals surface area contributed by atoms with E-state index in [1.54, 1.807) is 4.57 Å². The molecule has 3 heterocycles. The van der Waals surface area contributed by atoms with E-state index in [-0.39, 0.29) is 24.7 Å². The number of aromatic nitrogens is 4. The maximum atomic E-state index is 11.8. The van der Waals surface area contributed by atoms with Crippen LogP contribution < -0.4 is 11.3 Å². The van der Waals surface area contributed by atoms with Crippen molar-refractivity contribution >= 4 is 17.1 Å². The van der Waals surface area contributed by atoms with Gasteiger partial charge in [-0.3, -0.25) is 14.3 Å². The number of H-pyrrole nitrogens is 1. The van der Waals surface area contributed by atoms with Gasteiger partial charge in [-0.1, -0.05) is 6.92 Å². The molecule has 2 aromatic rings. The number of nitrogens with one attached hydrogen (secondary N) is 1. The summed E-state index contributed by atoms with van der Waals surface area (Å²) in [4.78, 5) is 22.2. The monoisotopic (exact) mass is 295 g/mol. The van der Waals surface area contributed by atoms with E-state index in [0.717, 1.165) is 0 Å². The summed E-state index contributed by atoms with van der Waals surface area (Å²) in [5, 5.41) is 18.9. The van der Waals surface area contributed by atoms with Crippen molar-refractivity contribution in [2.75, 3.05) is 18.9 Å². The van der Waals surface area contributed by atoms with E-state index in [9.17, 15) is 15.0 Å². The Morgan fingerprint density at radius 3 is 3.00 bits per heavy atom. The summed E-state index contributed by atoms with van der Waals surface area (Å²) in [7, 11) is 0. The molecule has 0 bridgehead atoms. The topological polar surface area (TPSA) is 139 Å². The Kier molecular flexibility index (Phi) is 3.19. The van der Waals surface area contributed by atoms with Crippen molar-refractivity contribution in [2.24, 2.45) is 5.41 Å². The third-order valence-electron chi connectivity index (χ3n) is 4.03. The van der Waals surface area contributed by atoms with Gasteiger partial charge in [0.1, 0.15) is 6.23 Å². The smallest absolute Gasteiger partial charge is 0.280 e. The number of nitrogens with zero attached hydrogens (tertiary/aromatic N) is 3. The van der Waals surface area contributed by atoms with Crippen LogP contribution in [0, 0.1) is 5.41 Å². The summed E-state index contributed by atoms with van der Waals surface area (Å²) in [6.07, 6.45) is 0.950. The molecule has 1 fully saturated rings. The number of hydrogen-bond donors (Lipinski definition) is 4. The molecule has 9 nitrogen and oxygen atoms in total. The molecule has 0 spiro atoms. The molecule has 1 saturated heterocycles. The highest BCUT2D eigenvalue weighted by Gasteiger charge is 2.45. The minimum absolute atomic E-state index is 0.00382. The number of anilines is 1. The molecular formula is C12H17N5O4. The first kappa shape index (κ1) is 14.0. The number of imidazole rings is 1. The number of nitrogens with two attached hydrogens (primary N) is 1. The lowest BCUT2D eigenvalue weighted by Crippen LogP contribution is -2.34. The largest absolute Gasteiger partial charge is 0.396 e. The highest BCUT2D eigenvalue weighted by molar-refractivity contribution is 5.70. The van der Waals surface area contributed by atoms with Gasteiger partial charge in [0.25, 0.3) is 5.56 Å². The van der Waals surface area contributed by atoms with Crippen molar-refractivity contribution in [2.45, 2.75) is 25.7 Å². The normalized spacial score (nSPS) is 29.3. The zero-order chi connectivity index (χ0) is 15.2. The van der Waals surface area contributed by atoms with E-state index in [1.165, 1.54) is 6.33 Å². The molecule has 0 saturated carbocycles. The molecule has 114 valence electrons. The van der Waals surface area contributed by atoms with Crippen LogP contribution in [-0.4, -0.2) is 49.0 Å². The van der Waals surface area contributed by atoms with Gasteiger partial charge in [0.2, 0.25) is 5.95 Å². The van der Waals surface area contributed by atoms with Crippen LogP contribution in [0.25, 0.3) is 11.2 Å². The van der Waals surface area contributed by atoms with Crippen molar-refractivity contribution in [3.8, 4) is 0 Å². The Bertz CT molecular complexity index is 726. The van der Waals surface area contributed by atoms with Gasteiger partial charge in [-0.2, -0.15) is 4.98 Å². The molecule has 1 aliphatic rings. The second-order valence-electron chi connectivity index (χ2n) is 5.55. The minimum Gasteiger partial charge on any atom is -0.396 e. The Labute approximate surface area is 119 Å². The Balaban J connectivity index is 2.04. The molecule has 0 aromatic carbocycles. The third kappa shape index (κ3) is 2.09. The predicted octanol–water partition coefficient (Wildman–Crippen LogP) is -1.02. The van der Waals surface area contributed by atoms with Crippen LogP contribution in [-0.2, 0) is 4.74 Å². The average molecular weight is 295 g/mol. The molecule has 2 aromatic heterocycles. The minimum atomic E-state index is -0.567. The summed E-state index contributed by atoms with van der Waals surface area (Å²) in [5.74, 6) is -0.00382. The van der Waals surface area contributed by atoms with Gasteiger partial charge in [0, 0.05) is 11.8 Å². The van der Waals surface area contributed by atoms with Gasteiger partial charge in [-0.25, -0.2) is 4.98 Å². The lowest BCUT2D eigenvalue weighted by molar-refractivity contribution is -0.0518. The van der Waals surface area contributed by atoms with Crippen molar-refractivity contribution in [1.82, 2.24) is 19.5 Å². The van der Waals surface area contributed by atoms with E-state index < -0.39 is 23.3 Å². The maximum Gasteiger partial charge on any atom is 0.280 e. The Morgan fingerprint density at radius 1 is 1.62 bits per heavy atom. The molecule has 21 heavy (non-hydrogen) atoms. The highest BCUT2D eigenvalue weighted by atomic mass is 16.5. The summed E-state index contributed by atoms with van der Waals surface area (Å²) >= 11 is 0. The van der Waals surface area contributed by atoms with Crippen LogP contribution >= 0.6 is 0 Å². The fourth-order valence-electron chi connectivity index (χ4n) is 2.68. The molecule has 3 atom stereocenters. The molecule has 9 heteroatoms. The van der Waals surface area contributed by atoms with Gasteiger partial charge in [0.05, 0.1) is 25.6 Å². The van der Waals surface area contributed by atoms with Gasteiger partial charge >= 0.3 is 0 Å². The maximum absolute atomic E-state index is 11.8. The molecule has 0 radical (unpaired) electrons. The second kappa shape index (κ2) is 4.79. The van der Waals surface area contributed by atoms with Crippen LogP contribution in [0.3, 0.4) is 0 Å². The molecule has 3 rings (SSSR count). The first-order chi connectivity index (χ1) is 9.98. The number of fused-ring (bicyclic) bond motifs is 1. The van der Waals surface area contributed by atoms with E-state index in [0.29, 0.717) is 12.1 Å². The molecule has 1 aliphatic heterocycles. The number of aliphatic hydroxyl groups excluding tert-OH is 2. The number of hydrogen-bond acceptors (Lipinski definition) is 7. The van der Waals surface area contributed by atoms with Gasteiger partial charge in [0.15, 0.2) is 11.2 Å². The Hall–Kier alpha value is -1.97. The molecule has 0 amide bonds. The van der Waals surface area contributed by atoms with Crippen LogP contribution in [0.2, 0.25) is 0 Å². The third-order valence-corrected chi connectivity index (χ3v) is 4.03. The molecule has 0 unspecified atom stereocenters. The summed E-state index contributed by atoms with van der Waals surface area (Å²) in [6.45, 7) is 1.52. The number of nitrogen functional groups attached to an aromatic ring is 1. The zero-order valence-electron chi connectivity index (χ0n) is 11.5. The molecule has 5 N–H and O–H groups in total. The van der Waals surface area contributed by atoms with Crippen LogP contribution in [0.15, 0.2) is 11.1 Å². The van der Waals surface area contributed by atoms with Gasteiger partial charge < -0.3 is 20.7 Å². The fraction of sp³-hybridized carbons (Fsp3) is 0.583. The lowest BCUT2D eigenvalue weighted by Gasteiger charge is -2.25. The van der Waals surface area contributed by atoms with Crippen molar-refractivity contribution in [1.29, 1.82) is 0 Å². The van der Waals surface area contributed by atoms with E-state index in [2.05, 4.69) is 15.0 Å². The molecular weight excluding hydrogens is 278 g/mol. The van der Waals surface area contributed by atoms with Crippen molar-refractivity contribution in [3.05, 3.63) is 16.7 Å². The average Bonchev–Trinajstić information content (AvgIpc) is 3.00. The van der Waals surface area contributed by atoms with E-state index in [1.807, 2.05) is 6.92 Å². The van der Waals surface area contributed by atoms with Crippen LogP contribution in [0.5, 0.6) is 0 Å². The SMILES string of the molecule is C[C@]1(CO)C[C@H](n2cnc3c(=O)[nH]c(N)nc32)O[C@@H]1CO. The number of ether oxygens (including phenoxy) is 1. The Morgan fingerprint density at radius 2 is 2.38 bits per heavy atom. The first-order valence-corrected chi connectivity index (χ1v) is 6.58. The van der Waals surface area contributed by atoms with Crippen LogP contribution in [0.4, 0.5) is 5.95 Å². The van der Waals surface area contributed by atoms with E-state index >= 15 is 0 Å². The first-order valence-electron chi connectivity index (χ1n) is 6.58. The quantitative estimate of drug-likeness (QED) is 0.568. The van der Waals surface area contributed by atoms with Crippen LogP contribution in [0.1, 0.15) is 19.6 Å². The second-order valence-corrected chi connectivity index (χ2v) is 5.55. The number of aromatic amines is 1. The zero-order valence-corrected chi connectivity index (χ0v) is 11.5. The number of aliphatic hydroxyl groups is 2. The number of rotatable bonds is 3.